The van der Waals surface area contributed by atoms with Crippen molar-refractivity contribution in [2.24, 2.45) is 38.9 Å². The normalized spacial score (nSPS) is 55.6. The summed E-state index contributed by atoms with van der Waals surface area (Å²) in [7, 11) is 0. The Labute approximate surface area is 205 Å². The predicted octanol–water partition coefficient (Wildman–Crippen LogP) is 5.13. The Bertz CT molecular complexity index is 1010. The molecule has 5 rings (SSSR count). The van der Waals surface area contributed by atoms with Crippen molar-refractivity contribution in [1.82, 2.24) is 0 Å². The van der Waals surface area contributed by atoms with Gasteiger partial charge in [0.25, 0.3) is 0 Å². The maximum atomic E-state index is 12.6. The number of rotatable bonds is 1. The number of aliphatic hydroxyl groups excluding tert-OH is 1. The second kappa shape index (κ2) is 6.75. The van der Waals surface area contributed by atoms with Crippen molar-refractivity contribution in [1.29, 1.82) is 0 Å². The minimum atomic E-state index is -1.54. The van der Waals surface area contributed by atoms with Crippen LogP contribution in [-0.2, 0) is 4.79 Å². The number of allylic oxidation sites excluding steroid dienone is 4. The van der Waals surface area contributed by atoms with Crippen LogP contribution in [0.5, 0.6) is 0 Å². The number of carbonyl (C=O) groups is 1. The summed E-state index contributed by atoms with van der Waals surface area (Å²) >= 11 is 0. The van der Waals surface area contributed by atoms with E-state index in [-0.39, 0.29) is 27.8 Å². The third-order valence-electron chi connectivity index (χ3n) is 12.3. The highest BCUT2D eigenvalue weighted by Gasteiger charge is 2.68. The van der Waals surface area contributed by atoms with Crippen LogP contribution >= 0.6 is 0 Å². The molecule has 9 atom stereocenters. The minimum Gasteiger partial charge on any atom is -0.393 e. The zero-order valence-electron chi connectivity index (χ0n) is 22.1. The van der Waals surface area contributed by atoms with Crippen molar-refractivity contribution in [2.45, 2.75) is 104 Å². The van der Waals surface area contributed by atoms with Gasteiger partial charge < -0.3 is 20.1 Å². The first-order chi connectivity index (χ1) is 15.5. The van der Waals surface area contributed by atoms with Crippen LogP contribution in [-0.4, -0.2) is 38.9 Å². The molecule has 0 aromatic heterocycles. The molecule has 34 heavy (non-hydrogen) atoms. The lowest BCUT2D eigenvalue weighted by Crippen LogP contribution is -2.64. The second-order valence-corrected chi connectivity index (χ2v) is 14.1. The number of hydrogen-bond acceptors (Lipinski definition) is 4. The maximum absolute atomic E-state index is 12.6. The summed E-state index contributed by atoms with van der Waals surface area (Å²) in [6.07, 6.45) is 14.3. The SMILES string of the molecule is CC1(C)C2CC[C@]3(C)C(C=CC4=C5[C@](C=O)(C=C[C@](C)(O)[C@@]5(C)O)CC[C@]43C)[C@@]2(C)CC[C@@H]1O. The van der Waals surface area contributed by atoms with Crippen molar-refractivity contribution in [2.75, 3.05) is 0 Å². The van der Waals surface area contributed by atoms with Crippen LogP contribution in [0.3, 0.4) is 0 Å². The maximum Gasteiger partial charge on any atom is 0.134 e. The Kier molecular flexibility index (Phi) is 4.85. The van der Waals surface area contributed by atoms with E-state index in [1.807, 2.05) is 6.08 Å². The largest absolute Gasteiger partial charge is 0.393 e. The van der Waals surface area contributed by atoms with Gasteiger partial charge in [-0.15, -0.1) is 0 Å². The van der Waals surface area contributed by atoms with Gasteiger partial charge in [-0.3, -0.25) is 0 Å². The van der Waals surface area contributed by atoms with Gasteiger partial charge >= 0.3 is 0 Å². The third kappa shape index (κ3) is 2.58. The monoisotopic (exact) mass is 468 g/mol. The summed E-state index contributed by atoms with van der Waals surface area (Å²) in [6, 6.07) is 0. The van der Waals surface area contributed by atoms with Gasteiger partial charge in [0.2, 0.25) is 0 Å². The Morgan fingerprint density at radius 2 is 1.59 bits per heavy atom. The topological polar surface area (TPSA) is 77.8 Å². The summed E-state index contributed by atoms with van der Waals surface area (Å²) in [5.74, 6) is 0.802. The fourth-order valence-electron chi connectivity index (χ4n) is 9.59. The van der Waals surface area contributed by atoms with Crippen molar-refractivity contribution in [3.63, 3.8) is 0 Å². The van der Waals surface area contributed by atoms with Gasteiger partial charge in [-0.2, -0.15) is 0 Å². The standard InChI is InChI=1S/C30H44O4/c1-24(2)20-10-13-27(5)21(25(20,3)12-11-22(24)32)9-8-19-23-29(7,34)28(6,33)15-17-30(23,18-31)16-14-26(19,27)4/h8-9,15,17-18,20-22,32-34H,10-14,16H2,1-7H3/t20?,21?,22-,25-,26+,27+,28-,29-,30-/m0/s1. The van der Waals surface area contributed by atoms with E-state index >= 15 is 0 Å². The molecule has 0 aromatic carbocycles. The van der Waals surface area contributed by atoms with E-state index in [0.717, 1.165) is 44.0 Å². The Morgan fingerprint density at radius 1 is 0.912 bits per heavy atom. The molecule has 0 saturated heterocycles. The predicted molar refractivity (Wildman–Crippen MR) is 134 cm³/mol. The van der Waals surface area contributed by atoms with E-state index in [4.69, 9.17) is 0 Å². The summed E-state index contributed by atoms with van der Waals surface area (Å²) in [5.41, 5.74) is -2.38. The zero-order valence-corrected chi connectivity index (χ0v) is 22.1. The van der Waals surface area contributed by atoms with Crippen molar-refractivity contribution in [3.05, 3.63) is 35.5 Å². The van der Waals surface area contributed by atoms with Crippen LogP contribution in [0.25, 0.3) is 0 Å². The summed E-state index contributed by atoms with van der Waals surface area (Å²) in [4.78, 5) is 12.6. The Morgan fingerprint density at radius 3 is 2.24 bits per heavy atom. The van der Waals surface area contributed by atoms with Gasteiger partial charge in [0.05, 0.1) is 11.5 Å². The van der Waals surface area contributed by atoms with E-state index in [1.165, 1.54) is 0 Å². The average Bonchev–Trinajstić information content (AvgIpc) is 2.74. The van der Waals surface area contributed by atoms with Gasteiger partial charge in [0, 0.05) is 0 Å². The van der Waals surface area contributed by atoms with E-state index in [9.17, 15) is 20.1 Å². The van der Waals surface area contributed by atoms with Crippen LogP contribution in [0.1, 0.15) is 87.0 Å². The summed E-state index contributed by atoms with van der Waals surface area (Å²) in [6.45, 7) is 15.0. The first-order valence-electron chi connectivity index (χ1n) is 13.3. The molecule has 0 aliphatic heterocycles. The molecular weight excluding hydrogens is 424 g/mol. The van der Waals surface area contributed by atoms with Gasteiger partial charge in [0.15, 0.2) is 0 Å². The van der Waals surface area contributed by atoms with E-state index in [2.05, 4.69) is 46.8 Å². The minimum absolute atomic E-state index is 0.0359. The molecule has 4 heteroatoms. The lowest BCUT2D eigenvalue weighted by Gasteiger charge is -2.69. The van der Waals surface area contributed by atoms with E-state index < -0.39 is 16.6 Å². The van der Waals surface area contributed by atoms with Crippen molar-refractivity contribution < 1.29 is 20.1 Å². The molecule has 4 nitrogen and oxygen atoms in total. The van der Waals surface area contributed by atoms with Crippen LogP contribution in [0.15, 0.2) is 35.5 Å². The molecule has 0 amide bonds. The highest BCUT2D eigenvalue weighted by Crippen LogP contribution is 2.73. The molecule has 2 unspecified atom stereocenters. The number of aliphatic hydroxyl groups is 3. The number of hydrogen-bond donors (Lipinski definition) is 3. The number of aldehydes is 1. The summed E-state index contributed by atoms with van der Waals surface area (Å²) in [5, 5.41) is 33.8. The highest BCUT2D eigenvalue weighted by molar-refractivity contribution is 5.74. The van der Waals surface area contributed by atoms with Crippen molar-refractivity contribution in [3.8, 4) is 0 Å². The summed E-state index contributed by atoms with van der Waals surface area (Å²) < 4.78 is 0. The number of fused-ring (bicyclic) bond motifs is 6. The quantitative estimate of drug-likeness (QED) is 0.368. The van der Waals surface area contributed by atoms with E-state index in [0.29, 0.717) is 23.8 Å². The molecular formula is C30H44O4. The van der Waals surface area contributed by atoms with Crippen LogP contribution in [0, 0.1) is 38.9 Å². The molecule has 5 aliphatic rings. The fraction of sp³-hybridized carbons (Fsp3) is 0.767. The Balaban J connectivity index is 1.74. The van der Waals surface area contributed by atoms with Crippen LogP contribution in [0.4, 0.5) is 0 Å². The van der Waals surface area contributed by atoms with Crippen molar-refractivity contribution >= 4 is 6.29 Å². The van der Waals surface area contributed by atoms with E-state index in [1.54, 1.807) is 19.9 Å². The molecule has 188 valence electrons. The van der Waals surface area contributed by atoms with Gasteiger partial charge in [-0.05, 0) is 97.0 Å². The molecule has 3 N–H and O–H groups in total. The molecule has 2 saturated carbocycles. The lowest BCUT2D eigenvalue weighted by molar-refractivity contribution is -0.183. The van der Waals surface area contributed by atoms with Gasteiger partial charge in [0.1, 0.15) is 17.5 Å². The molecule has 0 spiro atoms. The smallest absolute Gasteiger partial charge is 0.134 e. The molecule has 0 aromatic rings. The molecule has 0 bridgehead atoms. The van der Waals surface area contributed by atoms with Gasteiger partial charge in [-0.25, -0.2) is 0 Å². The molecule has 5 aliphatic carbocycles. The highest BCUT2D eigenvalue weighted by atomic mass is 16.4. The van der Waals surface area contributed by atoms with Crippen LogP contribution in [0.2, 0.25) is 0 Å². The first kappa shape index (κ1) is 24.5. The first-order valence-corrected chi connectivity index (χ1v) is 13.3. The Hall–Kier alpha value is -1.23. The fourth-order valence-corrected chi connectivity index (χ4v) is 9.59. The number of carbonyl (C=O) groups excluding carboxylic acids is 1. The average molecular weight is 469 g/mol. The zero-order chi connectivity index (χ0) is 25.2. The van der Waals surface area contributed by atoms with Crippen LogP contribution < -0.4 is 0 Å². The molecule has 0 heterocycles. The second-order valence-electron chi connectivity index (χ2n) is 14.1. The third-order valence-corrected chi connectivity index (χ3v) is 12.3. The lowest BCUT2D eigenvalue weighted by atomic mass is 9.35. The molecule has 2 fully saturated rings. The van der Waals surface area contributed by atoms with Gasteiger partial charge in [-0.1, -0.05) is 58.9 Å². The molecule has 0 radical (unpaired) electrons.